The zero-order valence-corrected chi connectivity index (χ0v) is 11.6. The van der Waals surface area contributed by atoms with Crippen molar-refractivity contribution in [1.29, 1.82) is 0 Å². The molecule has 0 unspecified atom stereocenters. The number of benzene rings is 2. The second-order valence-electron chi connectivity index (χ2n) is 3.98. The van der Waals surface area contributed by atoms with Crippen LogP contribution in [0, 0.1) is 12.7 Å². The molecule has 0 fully saturated rings. The lowest BCUT2D eigenvalue weighted by atomic mass is 10.2. The van der Waals surface area contributed by atoms with E-state index in [1.54, 1.807) is 19.1 Å². The Hall–Kier alpha value is -1.88. The van der Waals surface area contributed by atoms with Crippen LogP contribution in [0.1, 0.15) is 15.9 Å². The van der Waals surface area contributed by atoms with E-state index in [-0.39, 0.29) is 17.1 Å². The summed E-state index contributed by atoms with van der Waals surface area (Å²) in [5, 5.41) is 9.10. The van der Waals surface area contributed by atoms with Crippen molar-refractivity contribution in [2.24, 2.45) is 0 Å². The van der Waals surface area contributed by atoms with Crippen LogP contribution < -0.4 is 4.74 Å². The van der Waals surface area contributed by atoms with Gasteiger partial charge in [0.1, 0.15) is 11.3 Å². The third kappa shape index (κ3) is 3.12. The van der Waals surface area contributed by atoms with Gasteiger partial charge in [-0.3, -0.25) is 0 Å². The predicted octanol–water partition coefficient (Wildman–Crippen LogP) is 4.39. The van der Waals surface area contributed by atoms with E-state index in [4.69, 9.17) is 9.84 Å². The number of hydrogen-bond acceptors (Lipinski definition) is 2. The Bertz CT molecular complexity index is 641. The summed E-state index contributed by atoms with van der Waals surface area (Å²) in [6, 6.07) is 8.94. The fraction of sp³-hybridized carbons (Fsp3) is 0.0714. The molecule has 98 valence electrons. The van der Waals surface area contributed by atoms with Gasteiger partial charge in [0.05, 0.1) is 0 Å². The first-order valence-corrected chi connectivity index (χ1v) is 6.23. The second-order valence-corrected chi connectivity index (χ2v) is 4.90. The maximum atomic E-state index is 13.6. The molecule has 2 rings (SSSR count). The zero-order valence-electron chi connectivity index (χ0n) is 9.98. The van der Waals surface area contributed by atoms with Gasteiger partial charge in [0, 0.05) is 4.47 Å². The van der Waals surface area contributed by atoms with E-state index in [2.05, 4.69) is 15.9 Å². The molecule has 0 atom stereocenters. The number of halogens is 2. The number of hydrogen-bond donors (Lipinski definition) is 1. The molecule has 0 heterocycles. The summed E-state index contributed by atoms with van der Waals surface area (Å²) >= 11 is 3.18. The van der Waals surface area contributed by atoms with Gasteiger partial charge in [0.2, 0.25) is 0 Å². The minimum Gasteiger partial charge on any atom is -0.478 e. The maximum Gasteiger partial charge on any atom is 0.339 e. The van der Waals surface area contributed by atoms with Crippen molar-refractivity contribution in [1.82, 2.24) is 0 Å². The van der Waals surface area contributed by atoms with Gasteiger partial charge in [0.25, 0.3) is 0 Å². The van der Waals surface area contributed by atoms with Crippen LogP contribution in [-0.4, -0.2) is 11.1 Å². The lowest BCUT2D eigenvalue weighted by Crippen LogP contribution is -2.00. The van der Waals surface area contributed by atoms with Crippen molar-refractivity contribution in [3.8, 4) is 11.5 Å². The number of carbonyl (C=O) groups is 1. The molecule has 0 saturated carbocycles. The quantitative estimate of drug-likeness (QED) is 0.910. The molecule has 2 aromatic carbocycles. The van der Waals surface area contributed by atoms with Crippen molar-refractivity contribution < 1.29 is 19.0 Å². The number of aromatic carboxylic acids is 1. The molecule has 0 aliphatic rings. The lowest BCUT2D eigenvalue weighted by molar-refractivity contribution is 0.0694. The predicted molar refractivity (Wildman–Crippen MR) is 72.3 cm³/mol. The van der Waals surface area contributed by atoms with Crippen LogP contribution in [0.4, 0.5) is 4.39 Å². The maximum absolute atomic E-state index is 13.6. The van der Waals surface area contributed by atoms with E-state index in [1.165, 1.54) is 24.3 Å². The van der Waals surface area contributed by atoms with Crippen molar-refractivity contribution >= 4 is 21.9 Å². The van der Waals surface area contributed by atoms with E-state index < -0.39 is 11.8 Å². The molecule has 0 amide bonds. The lowest BCUT2D eigenvalue weighted by Gasteiger charge is -2.10. The third-order valence-electron chi connectivity index (χ3n) is 2.48. The summed E-state index contributed by atoms with van der Waals surface area (Å²) < 4.78 is 19.6. The molecular weight excluding hydrogens is 315 g/mol. The number of ether oxygens (including phenoxy) is 1. The molecule has 0 saturated heterocycles. The molecule has 0 aliphatic carbocycles. The summed E-state index contributed by atoms with van der Waals surface area (Å²) in [6.45, 7) is 1.80. The van der Waals surface area contributed by atoms with Crippen molar-refractivity contribution in [2.45, 2.75) is 6.92 Å². The van der Waals surface area contributed by atoms with Gasteiger partial charge < -0.3 is 9.84 Å². The Morgan fingerprint density at radius 3 is 2.63 bits per heavy atom. The molecule has 0 spiro atoms. The van der Waals surface area contributed by atoms with E-state index in [0.717, 1.165) is 5.56 Å². The molecule has 19 heavy (non-hydrogen) atoms. The Kier molecular flexibility index (Phi) is 3.85. The van der Waals surface area contributed by atoms with Crippen molar-refractivity contribution in [2.75, 3.05) is 0 Å². The molecule has 2 aromatic rings. The highest BCUT2D eigenvalue weighted by atomic mass is 79.9. The van der Waals surface area contributed by atoms with Crippen LogP contribution in [0.2, 0.25) is 0 Å². The smallest absolute Gasteiger partial charge is 0.339 e. The monoisotopic (exact) mass is 324 g/mol. The van der Waals surface area contributed by atoms with Gasteiger partial charge in [0.15, 0.2) is 11.6 Å². The zero-order chi connectivity index (χ0) is 14.0. The first-order chi connectivity index (χ1) is 8.97. The number of aryl methyl sites for hydroxylation is 1. The Morgan fingerprint density at radius 2 is 1.95 bits per heavy atom. The van der Waals surface area contributed by atoms with E-state index >= 15 is 0 Å². The SMILES string of the molecule is Cc1ccc(F)c(Oc2ccc(Br)cc2C(=O)O)c1. The normalized spacial score (nSPS) is 10.3. The molecule has 5 heteroatoms. The fourth-order valence-electron chi connectivity index (χ4n) is 1.57. The molecule has 0 aliphatic heterocycles. The van der Waals surface area contributed by atoms with E-state index in [9.17, 15) is 9.18 Å². The summed E-state index contributed by atoms with van der Waals surface area (Å²) in [7, 11) is 0. The largest absolute Gasteiger partial charge is 0.478 e. The Morgan fingerprint density at radius 1 is 1.21 bits per heavy atom. The summed E-state index contributed by atoms with van der Waals surface area (Å²) in [5.41, 5.74) is 0.792. The molecular formula is C14H10BrFO3. The Labute approximate surface area is 117 Å². The van der Waals surface area contributed by atoms with Crippen LogP contribution in [0.3, 0.4) is 0 Å². The van der Waals surface area contributed by atoms with Crippen LogP contribution in [0.15, 0.2) is 40.9 Å². The first-order valence-electron chi connectivity index (χ1n) is 5.44. The van der Waals surface area contributed by atoms with Crippen LogP contribution in [0.25, 0.3) is 0 Å². The van der Waals surface area contributed by atoms with Crippen molar-refractivity contribution in [3.63, 3.8) is 0 Å². The molecule has 0 aromatic heterocycles. The number of carboxylic acid groups (broad SMARTS) is 1. The van der Waals surface area contributed by atoms with Gasteiger partial charge >= 0.3 is 5.97 Å². The highest BCUT2D eigenvalue weighted by Gasteiger charge is 2.14. The highest BCUT2D eigenvalue weighted by molar-refractivity contribution is 9.10. The number of carboxylic acids is 1. The average Bonchev–Trinajstić information content (AvgIpc) is 2.35. The van der Waals surface area contributed by atoms with Gasteiger partial charge in [-0.2, -0.15) is 0 Å². The minimum absolute atomic E-state index is 0.00447. The molecule has 3 nitrogen and oxygen atoms in total. The first kappa shape index (κ1) is 13.5. The molecule has 1 N–H and O–H groups in total. The van der Waals surface area contributed by atoms with Crippen LogP contribution in [0.5, 0.6) is 11.5 Å². The van der Waals surface area contributed by atoms with Crippen LogP contribution in [-0.2, 0) is 0 Å². The third-order valence-corrected chi connectivity index (χ3v) is 2.97. The van der Waals surface area contributed by atoms with Gasteiger partial charge in [-0.1, -0.05) is 22.0 Å². The Balaban J connectivity index is 2.43. The van der Waals surface area contributed by atoms with Gasteiger partial charge in [-0.05, 0) is 42.8 Å². The van der Waals surface area contributed by atoms with Crippen LogP contribution >= 0.6 is 15.9 Å². The summed E-state index contributed by atoms with van der Waals surface area (Å²) in [6.07, 6.45) is 0. The highest BCUT2D eigenvalue weighted by Crippen LogP contribution is 2.30. The summed E-state index contributed by atoms with van der Waals surface area (Å²) in [4.78, 5) is 11.1. The van der Waals surface area contributed by atoms with Gasteiger partial charge in [-0.25, -0.2) is 9.18 Å². The molecule has 0 radical (unpaired) electrons. The number of rotatable bonds is 3. The second kappa shape index (κ2) is 5.40. The molecule has 0 bridgehead atoms. The van der Waals surface area contributed by atoms with E-state index in [0.29, 0.717) is 4.47 Å². The minimum atomic E-state index is -1.13. The standard InChI is InChI=1S/C14H10BrFO3/c1-8-2-4-11(16)13(6-8)19-12-5-3-9(15)7-10(12)14(17)18/h2-7H,1H3,(H,17,18). The van der Waals surface area contributed by atoms with E-state index in [1.807, 2.05) is 0 Å². The summed E-state index contributed by atoms with van der Waals surface area (Å²) in [5.74, 6) is -1.57. The van der Waals surface area contributed by atoms with Gasteiger partial charge in [-0.15, -0.1) is 0 Å². The topological polar surface area (TPSA) is 46.5 Å². The average molecular weight is 325 g/mol. The van der Waals surface area contributed by atoms with Crippen molar-refractivity contribution in [3.05, 3.63) is 57.8 Å². The fourth-order valence-corrected chi connectivity index (χ4v) is 1.93.